The molecule has 98 valence electrons. The number of benzene rings is 1. The molecular weight excluding hydrogens is 249 g/mol. The van der Waals surface area contributed by atoms with Crippen LogP contribution in [-0.4, -0.2) is 18.0 Å². The zero-order valence-electron chi connectivity index (χ0n) is 10.2. The van der Waals surface area contributed by atoms with Crippen molar-refractivity contribution in [3.8, 4) is 5.75 Å². The minimum Gasteiger partial charge on any atom is -0.494 e. The largest absolute Gasteiger partial charge is 0.494 e. The van der Waals surface area contributed by atoms with Crippen LogP contribution in [0, 0.1) is 5.82 Å². The lowest BCUT2D eigenvalue weighted by molar-refractivity contribution is 0.102. The smallest absolute Gasteiger partial charge is 0.258 e. The van der Waals surface area contributed by atoms with Crippen molar-refractivity contribution >= 4 is 17.3 Å². The van der Waals surface area contributed by atoms with Gasteiger partial charge in [0.2, 0.25) is 0 Å². The first kappa shape index (κ1) is 12.8. The molecule has 0 fully saturated rings. The summed E-state index contributed by atoms with van der Waals surface area (Å²) < 4.78 is 18.5. The van der Waals surface area contributed by atoms with Gasteiger partial charge in [0.25, 0.3) is 5.91 Å². The predicted octanol–water partition coefficient (Wildman–Crippen LogP) is 2.06. The number of anilines is 2. The molecule has 0 saturated carbocycles. The molecule has 0 aliphatic rings. The monoisotopic (exact) mass is 261 g/mol. The first-order valence-electron chi connectivity index (χ1n) is 5.46. The van der Waals surface area contributed by atoms with Crippen molar-refractivity contribution in [1.82, 2.24) is 4.98 Å². The van der Waals surface area contributed by atoms with Crippen LogP contribution in [0.1, 0.15) is 10.4 Å². The first-order chi connectivity index (χ1) is 9.11. The lowest BCUT2D eigenvalue weighted by Gasteiger charge is -2.11. The van der Waals surface area contributed by atoms with Crippen LogP contribution in [0.2, 0.25) is 0 Å². The maximum atomic E-state index is 13.4. The third-order valence-corrected chi connectivity index (χ3v) is 2.49. The molecule has 0 atom stereocenters. The summed E-state index contributed by atoms with van der Waals surface area (Å²) in [6.45, 7) is 0. The highest BCUT2D eigenvalue weighted by molar-refractivity contribution is 6.05. The summed E-state index contributed by atoms with van der Waals surface area (Å²) in [5.74, 6) is -0.861. The molecule has 0 spiro atoms. The van der Waals surface area contributed by atoms with Gasteiger partial charge in [0.05, 0.1) is 24.6 Å². The Balaban J connectivity index is 2.27. The molecule has 2 aromatic rings. The van der Waals surface area contributed by atoms with Crippen LogP contribution in [0.3, 0.4) is 0 Å². The number of ether oxygens (including phenoxy) is 1. The van der Waals surface area contributed by atoms with Crippen LogP contribution >= 0.6 is 0 Å². The Kier molecular flexibility index (Phi) is 3.61. The van der Waals surface area contributed by atoms with E-state index < -0.39 is 11.7 Å². The Morgan fingerprint density at radius 2 is 2.21 bits per heavy atom. The number of carbonyl (C=O) groups is 1. The second-order valence-electron chi connectivity index (χ2n) is 3.77. The summed E-state index contributed by atoms with van der Waals surface area (Å²) in [4.78, 5) is 15.5. The van der Waals surface area contributed by atoms with Gasteiger partial charge in [-0.25, -0.2) is 4.39 Å². The fourth-order valence-corrected chi connectivity index (χ4v) is 1.56. The lowest BCUT2D eigenvalue weighted by atomic mass is 10.2. The van der Waals surface area contributed by atoms with Gasteiger partial charge in [-0.05, 0) is 18.2 Å². The van der Waals surface area contributed by atoms with Gasteiger partial charge in [0.1, 0.15) is 5.75 Å². The molecule has 2 rings (SSSR count). The average molecular weight is 261 g/mol. The zero-order valence-corrected chi connectivity index (χ0v) is 10.2. The predicted molar refractivity (Wildman–Crippen MR) is 69.6 cm³/mol. The van der Waals surface area contributed by atoms with Gasteiger partial charge in [0, 0.05) is 18.0 Å². The number of carbonyl (C=O) groups excluding carboxylic acids is 1. The Morgan fingerprint density at radius 1 is 1.42 bits per heavy atom. The summed E-state index contributed by atoms with van der Waals surface area (Å²) in [5.41, 5.74) is 6.44. The van der Waals surface area contributed by atoms with Gasteiger partial charge in [-0.3, -0.25) is 9.78 Å². The summed E-state index contributed by atoms with van der Waals surface area (Å²) in [7, 11) is 1.46. The number of methoxy groups -OCH3 is 1. The summed E-state index contributed by atoms with van der Waals surface area (Å²) in [6.07, 6.45) is 2.33. The zero-order chi connectivity index (χ0) is 13.8. The molecule has 0 bridgehead atoms. The summed E-state index contributed by atoms with van der Waals surface area (Å²) in [6, 6.07) is 6.07. The highest BCUT2D eigenvalue weighted by atomic mass is 19.1. The van der Waals surface area contributed by atoms with Crippen LogP contribution in [0.25, 0.3) is 0 Å². The fourth-order valence-electron chi connectivity index (χ4n) is 1.56. The molecule has 0 aliphatic heterocycles. The van der Waals surface area contributed by atoms with E-state index in [1.165, 1.54) is 19.4 Å². The van der Waals surface area contributed by atoms with E-state index >= 15 is 0 Å². The van der Waals surface area contributed by atoms with Crippen molar-refractivity contribution in [3.05, 3.63) is 48.0 Å². The van der Waals surface area contributed by atoms with Crippen LogP contribution in [0.4, 0.5) is 15.8 Å². The number of hydrogen-bond acceptors (Lipinski definition) is 4. The van der Waals surface area contributed by atoms with Crippen LogP contribution in [-0.2, 0) is 0 Å². The van der Waals surface area contributed by atoms with Crippen molar-refractivity contribution in [1.29, 1.82) is 0 Å². The molecule has 19 heavy (non-hydrogen) atoms. The van der Waals surface area contributed by atoms with Crippen molar-refractivity contribution in [3.63, 3.8) is 0 Å². The van der Waals surface area contributed by atoms with Gasteiger partial charge < -0.3 is 15.8 Å². The molecular formula is C13H12FN3O2. The molecule has 3 N–H and O–H groups in total. The molecule has 0 saturated heterocycles. The van der Waals surface area contributed by atoms with Crippen molar-refractivity contribution in [2.24, 2.45) is 0 Å². The van der Waals surface area contributed by atoms with E-state index in [1.54, 1.807) is 18.2 Å². The van der Waals surface area contributed by atoms with Gasteiger partial charge in [-0.2, -0.15) is 0 Å². The highest BCUT2D eigenvalue weighted by Gasteiger charge is 2.13. The number of pyridine rings is 1. The number of amides is 1. The maximum Gasteiger partial charge on any atom is 0.258 e. The second-order valence-corrected chi connectivity index (χ2v) is 3.77. The lowest BCUT2D eigenvalue weighted by Crippen LogP contribution is -2.14. The van der Waals surface area contributed by atoms with Crippen LogP contribution < -0.4 is 15.8 Å². The third-order valence-electron chi connectivity index (χ3n) is 2.49. The second kappa shape index (κ2) is 5.34. The molecule has 1 aromatic carbocycles. The van der Waals surface area contributed by atoms with E-state index in [-0.39, 0.29) is 5.56 Å². The minimum absolute atomic E-state index is 0.0890. The van der Waals surface area contributed by atoms with E-state index in [0.717, 1.165) is 6.20 Å². The normalized spacial score (nSPS) is 10.0. The molecule has 0 unspecified atom stereocenters. The van der Waals surface area contributed by atoms with Gasteiger partial charge >= 0.3 is 0 Å². The topological polar surface area (TPSA) is 77.2 Å². The van der Waals surface area contributed by atoms with E-state index in [9.17, 15) is 9.18 Å². The SMILES string of the molecule is COc1cc(N)ccc1NC(=O)c1ccncc1F. The Bertz CT molecular complexity index is 617. The van der Waals surface area contributed by atoms with Crippen molar-refractivity contribution in [2.75, 3.05) is 18.2 Å². The number of rotatable bonds is 3. The summed E-state index contributed by atoms with van der Waals surface area (Å²) >= 11 is 0. The number of hydrogen-bond donors (Lipinski definition) is 2. The number of nitrogen functional groups attached to an aromatic ring is 1. The van der Waals surface area contributed by atoms with E-state index in [1.807, 2.05) is 0 Å². The van der Waals surface area contributed by atoms with E-state index in [2.05, 4.69) is 10.3 Å². The highest BCUT2D eigenvalue weighted by Crippen LogP contribution is 2.27. The number of halogens is 1. The van der Waals surface area contributed by atoms with Gasteiger partial charge in [0.15, 0.2) is 5.82 Å². The standard InChI is InChI=1S/C13H12FN3O2/c1-19-12-6-8(15)2-3-11(12)17-13(18)9-4-5-16-7-10(9)14/h2-7H,15H2,1H3,(H,17,18). The molecule has 0 radical (unpaired) electrons. The Morgan fingerprint density at radius 3 is 2.89 bits per heavy atom. The number of nitrogens with two attached hydrogens (primary N) is 1. The Hall–Kier alpha value is -2.63. The molecule has 5 nitrogen and oxygen atoms in total. The molecule has 1 amide bonds. The maximum absolute atomic E-state index is 13.4. The van der Waals surface area contributed by atoms with Gasteiger partial charge in [-0.15, -0.1) is 0 Å². The Labute approximate surface area is 109 Å². The molecule has 1 heterocycles. The van der Waals surface area contributed by atoms with Crippen molar-refractivity contribution in [2.45, 2.75) is 0 Å². The third kappa shape index (κ3) is 2.79. The average Bonchev–Trinajstić information content (AvgIpc) is 2.41. The van der Waals surface area contributed by atoms with E-state index in [0.29, 0.717) is 17.1 Å². The van der Waals surface area contributed by atoms with E-state index in [4.69, 9.17) is 10.5 Å². The minimum atomic E-state index is -0.686. The molecule has 6 heteroatoms. The first-order valence-corrected chi connectivity index (χ1v) is 5.46. The molecule has 1 aromatic heterocycles. The summed E-state index contributed by atoms with van der Waals surface area (Å²) in [5, 5.41) is 2.56. The number of nitrogens with zero attached hydrogens (tertiary/aromatic N) is 1. The quantitative estimate of drug-likeness (QED) is 0.829. The molecule has 0 aliphatic carbocycles. The van der Waals surface area contributed by atoms with Crippen LogP contribution in [0.5, 0.6) is 5.75 Å². The van der Waals surface area contributed by atoms with Crippen molar-refractivity contribution < 1.29 is 13.9 Å². The number of nitrogens with one attached hydrogen (secondary N) is 1. The fraction of sp³-hybridized carbons (Fsp3) is 0.0769. The van der Waals surface area contributed by atoms with Gasteiger partial charge in [-0.1, -0.05) is 0 Å². The van der Waals surface area contributed by atoms with Crippen LogP contribution in [0.15, 0.2) is 36.7 Å². The number of aromatic nitrogens is 1.